The number of hydrogen-bond donors (Lipinski definition) is 0. The van der Waals surface area contributed by atoms with Crippen LogP contribution in [-0.2, 0) is 19.1 Å². The molecule has 0 radical (unpaired) electrons. The summed E-state index contributed by atoms with van der Waals surface area (Å²) >= 11 is 0. The van der Waals surface area contributed by atoms with Gasteiger partial charge in [0, 0.05) is 18.3 Å². The van der Waals surface area contributed by atoms with Gasteiger partial charge in [-0.15, -0.1) is 0 Å². The fraction of sp³-hybridized carbons (Fsp3) is 0.786. The number of fused-ring (bicyclic) bond motifs is 2. The third kappa shape index (κ3) is 4.30. The molecule has 2 heterocycles. The lowest BCUT2D eigenvalue weighted by Crippen LogP contribution is -2.39. The van der Waals surface area contributed by atoms with Gasteiger partial charge in [0.05, 0.1) is 23.4 Å². The second-order valence-corrected chi connectivity index (χ2v) is 12.5. The molecule has 0 aromatic rings. The minimum Gasteiger partial charge on any atom is -0.366 e. The summed E-state index contributed by atoms with van der Waals surface area (Å²) in [4.78, 5) is 25.0. The summed E-state index contributed by atoms with van der Waals surface area (Å²) in [5.74, 6) is 0.768. The first-order chi connectivity index (χ1) is 14.8. The Balaban J connectivity index is 1.35. The van der Waals surface area contributed by atoms with E-state index in [9.17, 15) is 9.59 Å². The molecule has 0 spiro atoms. The van der Waals surface area contributed by atoms with Gasteiger partial charge in [-0.3, -0.25) is 9.59 Å². The number of Topliss-reactive ketones (excluding diaryl/α,β-unsaturated/α-hetero) is 1. The topological polar surface area (TPSA) is 59.2 Å². The molecule has 0 aromatic heterocycles. The van der Waals surface area contributed by atoms with E-state index in [1.807, 2.05) is 0 Å². The van der Waals surface area contributed by atoms with Crippen molar-refractivity contribution in [2.75, 3.05) is 0 Å². The zero-order valence-corrected chi connectivity index (χ0v) is 21.1. The molecule has 2 aliphatic carbocycles. The first kappa shape index (κ1) is 23.9. The minimum atomic E-state index is -0.132. The van der Waals surface area contributed by atoms with Crippen LogP contribution in [0.3, 0.4) is 0 Å². The molecule has 4 aliphatic rings. The summed E-state index contributed by atoms with van der Waals surface area (Å²) < 4.78 is 12.0. The third-order valence-corrected chi connectivity index (χ3v) is 9.14. The average molecular weight is 443 g/mol. The molecular formula is C28H42O4. The van der Waals surface area contributed by atoms with Crippen LogP contribution >= 0.6 is 0 Å². The van der Waals surface area contributed by atoms with Crippen LogP contribution < -0.4 is 0 Å². The highest BCUT2D eigenvalue weighted by Gasteiger charge is 2.64. The van der Waals surface area contributed by atoms with Gasteiger partial charge in [0.2, 0.25) is 0 Å². The molecule has 4 rings (SSSR count). The molecule has 2 unspecified atom stereocenters. The van der Waals surface area contributed by atoms with E-state index in [0.717, 1.165) is 31.3 Å². The predicted octanol–water partition coefficient (Wildman–Crippen LogP) is 5.98. The molecule has 4 heteroatoms. The van der Waals surface area contributed by atoms with Crippen LogP contribution in [0.1, 0.15) is 93.4 Å². The number of carbonyl (C=O) groups is 2. The summed E-state index contributed by atoms with van der Waals surface area (Å²) in [6, 6.07) is 0. The maximum Gasteiger partial charge on any atom is 0.155 e. The zero-order valence-electron chi connectivity index (χ0n) is 21.1. The Labute approximate surface area is 194 Å². The van der Waals surface area contributed by atoms with Crippen molar-refractivity contribution in [2.24, 2.45) is 22.7 Å². The highest BCUT2D eigenvalue weighted by atomic mass is 16.6. The van der Waals surface area contributed by atoms with Gasteiger partial charge in [-0.05, 0) is 81.8 Å². The summed E-state index contributed by atoms with van der Waals surface area (Å²) in [5.41, 5.74) is 0.885. The summed E-state index contributed by atoms with van der Waals surface area (Å²) in [6.07, 6.45) is 13.0. The zero-order chi connectivity index (χ0) is 23.5. The third-order valence-electron chi connectivity index (χ3n) is 9.14. The molecule has 2 saturated heterocycles. The highest BCUT2D eigenvalue weighted by molar-refractivity contribution is 5.93. The lowest BCUT2D eigenvalue weighted by Gasteiger charge is -2.39. The lowest BCUT2D eigenvalue weighted by atomic mass is 9.63. The predicted molar refractivity (Wildman–Crippen MR) is 126 cm³/mol. The molecule has 0 aromatic carbocycles. The maximum absolute atomic E-state index is 12.6. The normalized spacial score (nSPS) is 41.7. The number of carbonyl (C=O) groups excluding carboxylic acids is 2. The van der Waals surface area contributed by atoms with Gasteiger partial charge in [-0.1, -0.05) is 39.8 Å². The fourth-order valence-corrected chi connectivity index (χ4v) is 6.81. The molecule has 2 aliphatic heterocycles. The number of ether oxygens (including phenoxy) is 2. The summed E-state index contributed by atoms with van der Waals surface area (Å²) in [6.45, 7) is 15.1. The van der Waals surface area contributed by atoms with Crippen molar-refractivity contribution in [3.05, 3.63) is 23.8 Å². The molecule has 2 saturated carbocycles. The molecular weight excluding hydrogens is 400 g/mol. The molecule has 178 valence electrons. The van der Waals surface area contributed by atoms with E-state index >= 15 is 0 Å². The van der Waals surface area contributed by atoms with Crippen molar-refractivity contribution in [3.63, 3.8) is 0 Å². The van der Waals surface area contributed by atoms with Crippen LogP contribution in [-0.4, -0.2) is 35.0 Å². The van der Waals surface area contributed by atoms with E-state index < -0.39 is 0 Å². The van der Waals surface area contributed by atoms with E-state index in [-0.39, 0.29) is 45.4 Å². The molecule has 4 fully saturated rings. The quantitative estimate of drug-likeness (QED) is 0.342. The Morgan fingerprint density at radius 2 is 1.38 bits per heavy atom. The highest BCUT2D eigenvalue weighted by Crippen LogP contribution is 2.59. The van der Waals surface area contributed by atoms with Crippen LogP contribution in [0.5, 0.6) is 0 Å². The Kier molecular flexibility index (Phi) is 5.90. The van der Waals surface area contributed by atoms with Gasteiger partial charge in [0.15, 0.2) is 11.6 Å². The van der Waals surface area contributed by atoms with Gasteiger partial charge in [-0.2, -0.15) is 0 Å². The SMILES string of the molecule is CC(=O)/C(=C\[C@@H]1C(C)(C)CCC2O[C@@]21C)CCCC(=O)/C=C/[C@H]1C(C)(C)CCC2O[C@]21C. The van der Waals surface area contributed by atoms with Gasteiger partial charge in [-0.25, -0.2) is 0 Å². The molecule has 32 heavy (non-hydrogen) atoms. The van der Waals surface area contributed by atoms with E-state index in [1.54, 1.807) is 13.0 Å². The van der Waals surface area contributed by atoms with Crippen molar-refractivity contribution in [1.29, 1.82) is 0 Å². The number of allylic oxidation sites excluding steroid dienone is 2. The summed E-state index contributed by atoms with van der Waals surface area (Å²) in [5, 5.41) is 0. The monoisotopic (exact) mass is 442 g/mol. The average Bonchev–Trinajstić information content (AvgIpc) is 3.55. The number of epoxide rings is 2. The second kappa shape index (κ2) is 7.91. The number of ketones is 2. The van der Waals surface area contributed by atoms with Crippen LogP contribution in [0.2, 0.25) is 0 Å². The van der Waals surface area contributed by atoms with E-state index in [1.165, 1.54) is 0 Å². The maximum atomic E-state index is 12.6. The lowest BCUT2D eigenvalue weighted by molar-refractivity contribution is -0.115. The second-order valence-electron chi connectivity index (χ2n) is 12.5. The van der Waals surface area contributed by atoms with Crippen molar-refractivity contribution in [2.45, 2.75) is 117 Å². The van der Waals surface area contributed by atoms with Crippen LogP contribution in [0, 0.1) is 22.7 Å². The van der Waals surface area contributed by atoms with Gasteiger partial charge < -0.3 is 9.47 Å². The van der Waals surface area contributed by atoms with E-state index in [2.05, 4.69) is 53.7 Å². The van der Waals surface area contributed by atoms with Crippen LogP contribution in [0.25, 0.3) is 0 Å². The van der Waals surface area contributed by atoms with Crippen LogP contribution in [0.4, 0.5) is 0 Å². The van der Waals surface area contributed by atoms with Crippen molar-refractivity contribution >= 4 is 11.6 Å². The van der Waals surface area contributed by atoms with Crippen molar-refractivity contribution in [1.82, 2.24) is 0 Å². The van der Waals surface area contributed by atoms with Gasteiger partial charge >= 0.3 is 0 Å². The first-order valence-electron chi connectivity index (χ1n) is 12.6. The minimum absolute atomic E-state index is 0.102. The molecule has 0 amide bonds. The fourth-order valence-electron chi connectivity index (χ4n) is 6.81. The molecule has 0 bridgehead atoms. The standard InChI is InChI=1S/C28H42O4/c1-18(29)19(17-22-26(4,5)16-14-24-28(22,7)32-24)9-8-10-20(30)11-12-21-25(2,3)15-13-23-27(21,6)31-23/h11-12,17,21-24H,8-10,13-16H2,1-7H3/b12-11+,19-17-/t21-,22+,23?,24?,27-,28+/m0/s1. The molecule has 0 N–H and O–H groups in total. The van der Waals surface area contributed by atoms with Crippen molar-refractivity contribution in [3.8, 4) is 0 Å². The largest absolute Gasteiger partial charge is 0.366 e. The smallest absolute Gasteiger partial charge is 0.155 e. The number of hydrogen-bond acceptors (Lipinski definition) is 4. The molecule has 4 nitrogen and oxygen atoms in total. The van der Waals surface area contributed by atoms with Gasteiger partial charge in [0.25, 0.3) is 0 Å². The van der Waals surface area contributed by atoms with Crippen molar-refractivity contribution < 1.29 is 19.1 Å². The first-order valence-corrected chi connectivity index (χ1v) is 12.6. The van der Waals surface area contributed by atoms with E-state index in [4.69, 9.17) is 9.47 Å². The summed E-state index contributed by atoms with van der Waals surface area (Å²) in [7, 11) is 0. The van der Waals surface area contributed by atoms with Gasteiger partial charge in [0.1, 0.15) is 0 Å². The Bertz CT molecular complexity index is 840. The molecule has 6 atom stereocenters. The Hall–Kier alpha value is -1.26. The van der Waals surface area contributed by atoms with E-state index in [0.29, 0.717) is 31.5 Å². The Morgan fingerprint density at radius 1 is 0.844 bits per heavy atom. The Morgan fingerprint density at radius 3 is 1.94 bits per heavy atom. The van der Waals surface area contributed by atoms with Crippen LogP contribution in [0.15, 0.2) is 23.8 Å². The number of rotatable bonds is 8.